The summed E-state index contributed by atoms with van der Waals surface area (Å²) in [4.78, 5) is 10.3. The van der Waals surface area contributed by atoms with Crippen LogP contribution in [0.4, 0.5) is 13.2 Å². The van der Waals surface area contributed by atoms with E-state index in [-0.39, 0.29) is 30.8 Å². The Labute approximate surface area is 102 Å². The van der Waals surface area contributed by atoms with Gasteiger partial charge in [-0.3, -0.25) is 4.79 Å². The van der Waals surface area contributed by atoms with Crippen molar-refractivity contribution in [2.75, 3.05) is 0 Å². The SMILES string of the molecule is Cl.N[C@@H](CC(=O)O)Cc1cc(F)c(F)cc1F. The highest BCUT2D eigenvalue weighted by Gasteiger charge is 2.14. The van der Waals surface area contributed by atoms with Crippen molar-refractivity contribution >= 4 is 18.4 Å². The summed E-state index contributed by atoms with van der Waals surface area (Å²) in [6.45, 7) is 0. The van der Waals surface area contributed by atoms with Crippen molar-refractivity contribution in [1.29, 1.82) is 0 Å². The third kappa shape index (κ3) is 4.62. The largest absolute Gasteiger partial charge is 0.481 e. The van der Waals surface area contributed by atoms with Gasteiger partial charge in [-0.25, -0.2) is 13.2 Å². The van der Waals surface area contributed by atoms with E-state index in [0.29, 0.717) is 12.1 Å². The molecule has 1 rings (SSSR count). The zero-order valence-electron chi connectivity index (χ0n) is 8.62. The molecule has 17 heavy (non-hydrogen) atoms. The molecule has 1 atom stereocenters. The van der Waals surface area contributed by atoms with E-state index in [2.05, 4.69) is 0 Å². The third-order valence-corrected chi connectivity index (χ3v) is 2.01. The molecule has 0 aliphatic carbocycles. The summed E-state index contributed by atoms with van der Waals surface area (Å²) in [5, 5.41) is 8.42. The van der Waals surface area contributed by atoms with Gasteiger partial charge in [-0.15, -0.1) is 12.4 Å². The first kappa shape index (κ1) is 15.7. The molecule has 3 N–H and O–H groups in total. The van der Waals surface area contributed by atoms with Crippen LogP contribution < -0.4 is 5.73 Å². The number of benzene rings is 1. The van der Waals surface area contributed by atoms with Crippen molar-refractivity contribution in [3.05, 3.63) is 35.1 Å². The first-order chi connectivity index (χ1) is 7.40. The van der Waals surface area contributed by atoms with E-state index in [1.807, 2.05) is 0 Å². The van der Waals surface area contributed by atoms with Crippen LogP contribution in [0.15, 0.2) is 12.1 Å². The van der Waals surface area contributed by atoms with Crippen LogP contribution in [-0.4, -0.2) is 17.1 Å². The summed E-state index contributed by atoms with van der Waals surface area (Å²) < 4.78 is 38.5. The van der Waals surface area contributed by atoms with Crippen LogP contribution >= 0.6 is 12.4 Å². The van der Waals surface area contributed by atoms with Gasteiger partial charge in [0, 0.05) is 12.1 Å². The van der Waals surface area contributed by atoms with Crippen LogP contribution in [0.25, 0.3) is 0 Å². The van der Waals surface area contributed by atoms with Gasteiger partial charge in [-0.1, -0.05) is 0 Å². The van der Waals surface area contributed by atoms with Crippen molar-refractivity contribution in [3.8, 4) is 0 Å². The molecule has 7 heteroatoms. The number of nitrogens with two attached hydrogens (primary N) is 1. The second-order valence-corrected chi connectivity index (χ2v) is 3.42. The normalized spacial score (nSPS) is 11.8. The highest BCUT2D eigenvalue weighted by molar-refractivity contribution is 5.85. The van der Waals surface area contributed by atoms with Gasteiger partial charge in [-0.2, -0.15) is 0 Å². The summed E-state index contributed by atoms with van der Waals surface area (Å²) in [6, 6.07) is 0.265. The van der Waals surface area contributed by atoms with Crippen molar-refractivity contribution in [1.82, 2.24) is 0 Å². The molecule has 0 radical (unpaired) electrons. The fraction of sp³-hybridized carbons (Fsp3) is 0.300. The number of hydrogen-bond donors (Lipinski definition) is 2. The van der Waals surface area contributed by atoms with Gasteiger partial charge in [0.15, 0.2) is 11.6 Å². The standard InChI is InChI=1S/C10H10F3NO2.ClH/c11-7-4-9(13)8(12)2-5(7)1-6(14)3-10(15)16;/h2,4,6H,1,3,14H2,(H,15,16);1H/t6-;/m1./s1. The molecule has 3 nitrogen and oxygen atoms in total. The number of rotatable bonds is 4. The third-order valence-electron chi connectivity index (χ3n) is 2.01. The molecule has 1 aromatic carbocycles. The Morgan fingerprint density at radius 1 is 1.24 bits per heavy atom. The van der Waals surface area contributed by atoms with Crippen molar-refractivity contribution in [2.45, 2.75) is 18.9 Å². The summed E-state index contributed by atoms with van der Waals surface area (Å²) >= 11 is 0. The second-order valence-electron chi connectivity index (χ2n) is 3.42. The molecular weight excluding hydrogens is 259 g/mol. The number of carboxylic acids is 1. The lowest BCUT2D eigenvalue weighted by Crippen LogP contribution is -2.26. The van der Waals surface area contributed by atoms with Crippen molar-refractivity contribution in [2.24, 2.45) is 5.73 Å². The number of carboxylic acid groups (broad SMARTS) is 1. The fourth-order valence-electron chi connectivity index (χ4n) is 1.30. The number of hydrogen-bond acceptors (Lipinski definition) is 2. The highest BCUT2D eigenvalue weighted by Crippen LogP contribution is 2.15. The van der Waals surface area contributed by atoms with Crippen LogP contribution in [0.3, 0.4) is 0 Å². The van der Waals surface area contributed by atoms with E-state index < -0.39 is 29.5 Å². The van der Waals surface area contributed by atoms with Gasteiger partial charge >= 0.3 is 5.97 Å². The molecule has 0 amide bonds. The molecule has 0 bridgehead atoms. The first-order valence-corrected chi connectivity index (χ1v) is 4.51. The Kier molecular flexibility index (Phi) is 5.98. The Bertz CT molecular complexity index is 415. The quantitative estimate of drug-likeness (QED) is 0.820. The Morgan fingerprint density at radius 3 is 2.29 bits per heavy atom. The van der Waals surface area contributed by atoms with Crippen LogP contribution in [-0.2, 0) is 11.2 Å². The predicted octanol–water partition coefficient (Wildman–Crippen LogP) is 1.87. The van der Waals surface area contributed by atoms with Gasteiger partial charge in [-0.05, 0) is 18.1 Å². The van der Waals surface area contributed by atoms with Gasteiger partial charge in [0.05, 0.1) is 6.42 Å². The molecule has 96 valence electrons. The van der Waals surface area contributed by atoms with Crippen LogP contribution in [0.1, 0.15) is 12.0 Å². The van der Waals surface area contributed by atoms with Gasteiger partial charge in [0.25, 0.3) is 0 Å². The highest BCUT2D eigenvalue weighted by atomic mass is 35.5. The van der Waals surface area contributed by atoms with E-state index in [0.717, 1.165) is 0 Å². The van der Waals surface area contributed by atoms with Crippen molar-refractivity contribution < 1.29 is 23.1 Å². The average molecular weight is 270 g/mol. The summed E-state index contributed by atoms with van der Waals surface area (Å²) in [7, 11) is 0. The molecule has 0 heterocycles. The molecule has 0 spiro atoms. The monoisotopic (exact) mass is 269 g/mol. The lowest BCUT2D eigenvalue weighted by atomic mass is 10.0. The number of aliphatic carboxylic acids is 1. The average Bonchev–Trinajstić information content (AvgIpc) is 2.12. The predicted molar refractivity (Wildman–Crippen MR) is 57.5 cm³/mol. The van der Waals surface area contributed by atoms with Crippen molar-refractivity contribution in [3.63, 3.8) is 0 Å². The maximum atomic E-state index is 13.1. The van der Waals surface area contributed by atoms with Crippen LogP contribution in [0, 0.1) is 17.5 Å². The first-order valence-electron chi connectivity index (χ1n) is 4.51. The van der Waals surface area contributed by atoms with Gasteiger partial charge in [0.2, 0.25) is 0 Å². The summed E-state index contributed by atoms with van der Waals surface area (Å²) in [6.07, 6.45) is -0.520. The second kappa shape index (κ2) is 6.46. The molecule has 1 aromatic rings. The number of halogens is 4. The summed E-state index contributed by atoms with van der Waals surface area (Å²) in [5.74, 6) is -4.53. The number of carbonyl (C=O) groups is 1. The summed E-state index contributed by atoms with van der Waals surface area (Å²) in [5.41, 5.74) is 5.27. The molecule has 0 aliphatic heterocycles. The Morgan fingerprint density at radius 2 is 1.76 bits per heavy atom. The zero-order chi connectivity index (χ0) is 12.3. The van der Waals surface area contributed by atoms with E-state index in [1.165, 1.54) is 0 Å². The molecule has 0 unspecified atom stereocenters. The van der Waals surface area contributed by atoms with Gasteiger partial charge < -0.3 is 10.8 Å². The Hall–Kier alpha value is -1.27. The van der Waals surface area contributed by atoms with E-state index in [9.17, 15) is 18.0 Å². The minimum absolute atomic E-state index is 0. The molecule has 0 aromatic heterocycles. The van der Waals surface area contributed by atoms with Crippen LogP contribution in [0.2, 0.25) is 0 Å². The minimum Gasteiger partial charge on any atom is -0.481 e. The molecule has 0 saturated heterocycles. The topological polar surface area (TPSA) is 63.3 Å². The fourth-order valence-corrected chi connectivity index (χ4v) is 1.30. The molecule has 0 aliphatic rings. The smallest absolute Gasteiger partial charge is 0.304 e. The van der Waals surface area contributed by atoms with E-state index in [4.69, 9.17) is 10.8 Å². The van der Waals surface area contributed by atoms with E-state index in [1.54, 1.807) is 0 Å². The zero-order valence-corrected chi connectivity index (χ0v) is 9.44. The molecular formula is C10H11ClF3NO2. The maximum absolute atomic E-state index is 13.1. The van der Waals surface area contributed by atoms with Gasteiger partial charge in [0.1, 0.15) is 5.82 Å². The van der Waals surface area contributed by atoms with E-state index >= 15 is 0 Å². The maximum Gasteiger partial charge on any atom is 0.304 e. The Balaban J connectivity index is 0.00000256. The molecule has 0 fully saturated rings. The lowest BCUT2D eigenvalue weighted by molar-refractivity contribution is -0.137. The lowest BCUT2D eigenvalue weighted by Gasteiger charge is -2.09. The molecule has 0 saturated carbocycles. The van der Waals surface area contributed by atoms with Crippen LogP contribution in [0.5, 0.6) is 0 Å². The minimum atomic E-state index is -1.28.